The zero-order valence-electron chi connectivity index (χ0n) is 13.4. The molecule has 2 rings (SSSR count). The molecule has 1 aliphatic rings. The van der Waals surface area contributed by atoms with Crippen LogP contribution in [0.1, 0.15) is 36.9 Å². The van der Waals surface area contributed by atoms with Gasteiger partial charge < -0.3 is 15.4 Å². The number of aliphatic imine (C=N–C) groups is 1. The summed E-state index contributed by atoms with van der Waals surface area (Å²) in [4.78, 5) is 8.75. The molecular weight excluding hydrogens is 411 g/mol. The topological polar surface area (TPSA) is 58.5 Å². The second-order valence-corrected chi connectivity index (χ2v) is 6.25. The zero-order valence-corrected chi connectivity index (χ0v) is 16.6. The minimum Gasteiger partial charge on any atom is -0.381 e. The van der Waals surface area contributed by atoms with E-state index in [4.69, 9.17) is 4.74 Å². The van der Waals surface area contributed by atoms with Gasteiger partial charge in [-0.2, -0.15) is 0 Å². The first kappa shape index (κ1) is 19.6. The highest BCUT2D eigenvalue weighted by Gasteiger charge is 2.20. The maximum Gasteiger partial charge on any atom is 0.191 e. The maximum absolute atomic E-state index is 5.61. The van der Waals surface area contributed by atoms with E-state index in [1.54, 1.807) is 18.4 Å². The minimum atomic E-state index is 0. The van der Waals surface area contributed by atoms with E-state index in [1.807, 2.05) is 0 Å². The summed E-state index contributed by atoms with van der Waals surface area (Å²) in [6.07, 6.45) is 4.71. The van der Waals surface area contributed by atoms with Gasteiger partial charge in [-0.3, -0.25) is 4.99 Å². The summed E-state index contributed by atoms with van der Waals surface area (Å²) in [7, 11) is 1.79. The first-order valence-corrected chi connectivity index (χ1v) is 8.65. The van der Waals surface area contributed by atoms with E-state index in [1.165, 1.54) is 17.8 Å². The monoisotopic (exact) mass is 438 g/mol. The van der Waals surface area contributed by atoms with Crippen LogP contribution in [0.3, 0.4) is 0 Å². The average Bonchev–Trinajstić information content (AvgIpc) is 3.22. The van der Waals surface area contributed by atoms with Crippen LogP contribution >= 0.6 is 35.3 Å². The van der Waals surface area contributed by atoms with E-state index in [9.17, 15) is 0 Å². The number of aromatic nitrogens is 1. The molecule has 1 fully saturated rings. The Bertz CT molecular complexity index is 449. The lowest BCUT2D eigenvalue weighted by Gasteiger charge is -2.11. The highest BCUT2D eigenvalue weighted by molar-refractivity contribution is 14.0. The largest absolute Gasteiger partial charge is 0.381 e. The normalized spacial score (nSPS) is 14.5. The van der Waals surface area contributed by atoms with Crippen molar-refractivity contribution in [2.24, 2.45) is 10.9 Å². The molecule has 1 aromatic heterocycles. The van der Waals surface area contributed by atoms with Gasteiger partial charge in [-0.05, 0) is 31.6 Å². The van der Waals surface area contributed by atoms with Crippen LogP contribution < -0.4 is 10.6 Å². The molecule has 0 saturated heterocycles. The lowest BCUT2D eigenvalue weighted by molar-refractivity contribution is 0.123. The minimum absolute atomic E-state index is 0. The number of nitrogens with one attached hydrogen (secondary N) is 2. The van der Waals surface area contributed by atoms with Crippen LogP contribution in [0.15, 0.2) is 10.4 Å². The average molecular weight is 438 g/mol. The number of hydrogen-bond donors (Lipinski definition) is 2. The molecule has 0 unspecified atom stereocenters. The van der Waals surface area contributed by atoms with E-state index >= 15 is 0 Å². The quantitative estimate of drug-likeness (QED) is 0.270. The van der Waals surface area contributed by atoms with E-state index < -0.39 is 0 Å². The summed E-state index contributed by atoms with van der Waals surface area (Å²) in [6, 6.07) is 0. The number of rotatable bonds is 9. The number of aryl methyl sites for hydroxylation is 1. The standard InChI is InChI=1S/C15H26N4OS.HI/c1-3-14-19-13(11-21-14)9-18-15(16-2)17-7-4-8-20-10-12-5-6-12;/h11-12H,3-10H2,1-2H3,(H2,16,17,18);1H. The van der Waals surface area contributed by atoms with Crippen molar-refractivity contribution >= 4 is 41.3 Å². The lowest BCUT2D eigenvalue weighted by Crippen LogP contribution is -2.37. The van der Waals surface area contributed by atoms with E-state index in [-0.39, 0.29) is 24.0 Å². The molecule has 1 saturated carbocycles. The second-order valence-electron chi connectivity index (χ2n) is 5.31. The van der Waals surface area contributed by atoms with Gasteiger partial charge in [-0.1, -0.05) is 6.92 Å². The van der Waals surface area contributed by atoms with Crippen molar-refractivity contribution in [3.63, 3.8) is 0 Å². The van der Waals surface area contributed by atoms with Gasteiger partial charge in [0.1, 0.15) is 0 Å². The van der Waals surface area contributed by atoms with Gasteiger partial charge in [0, 0.05) is 32.2 Å². The third-order valence-corrected chi connectivity index (χ3v) is 4.41. The van der Waals surface area contributed by atoms with Crippen molar-refractivity contribution < 1.29 is 4.74 Å². The van der Waals surface area contributed by atoms with Gasteiger partial charge in [-0.15, -0.1) is 35.3 Å². The third-order valence-electron chi connectivity index (χ3n) is 3.37. The Morgan fingerprint density at radius 1 is 1.45 bits per heavy atom. The van der Waals surface area contributed by atoms with Crippen molar-refractivity contribution in [1.82, 2.24) is 15.6 Å². The molecule has 0 amide bonds. The number of ether oxygens (including phenoxy) is 1. The molecule has 7 heteroatoms. The van der Waals surface area contributed by atoms with Crippen LogP contribution in [0.2, 0.25) is 0 Å². The molecule has 126 valence electrons. The lowest BCUT2D eigenvalue weighted by atomic mass is 10.4. The van der Waals surface area contributed by atoms with Crippen LogP contribution in [-0.2, 0) is 17.7 Å². The summed E-state index contributed by atoms with van der Waals surface area (Å²) in [5, 5.41) is 9.87. The van der Waals surface area contributed by atoms with E-state index in [0.29, 0.717) is 6.54 Å². The van der Waals surface area contributed by atoms with Crippen LogP contribution in [0.4, 0.5) is 0 Å². The Morgan fingerprint density at radius 2 is 2.27 bits per heavy atom. The summed E-state index contributed by atoms with van der Waals surface area (Å²) in [5.41, 5.74) is 1.08. The molecule has 2 N–H and O–H groups in total. The van der Waals surface area contributed by atoms with Crippen LogP contribution in [0, 0.1) is 5.92 Å². The van der Waals surface area contributed by atoms with Gasteiger partial charge in [-0.25, -0.2) is 4.98 Å². The van der Waals surface area contributed by atoms with Crippen molar-refractivity contribution in [3.8, 4) is 0 Å². The fourth-order valence-corrected chi connectivity index (χ4v) is 2.65. The molecule has 0 bridgehead atoms. The smallest absolute Gasteiger partial charge is 0.191 e. The molecule has 0 radical (unpaired) electrons. The number of guanidine groups is 1. The highest BCUT2D eigenvalue weighted by Crippen LogP contribution is 2.28. The number of hydrogen-bond acceptors (Lipinski definition) is 4. The fourth-order valence-electron chi connectivity index (χ4n) is 1.90. The first-order chi connectivity index (χ1) is 10.3. The van der Waals surface area contributed by atoms with Crippen LogP contribution in [0.25, 0.3) is 0 Å². The van der Waals surface area contributed by atoms with Gasteiger partial charge >= 0.3 is 0 Å². The van der Waals surface area contributed by atoms with Gasteiger partial charge in [0.05, 0.1) is 17.2 Å². The molecule has 0 aliphatic heterocycles. The molecule has 1 aromatic rings. The second kappa shape index (κ2) is 11.2. The Kier molecular flexibility index (Phi) is 9.98. The molecular formula is C15H27IN4OS. The van der Waals surface area contributed by atoms with Crippen molar-refractivity contribution in [2.45, 2.75) is 39.2 Å². The van der Waals surface area contributed by atoms with Crippen molar-refractivity contribution in [3.05, 3.63) is 16.1 Å². The summed E-state index contributed by atoms with van der Waals surface area (Å²) < 4.78 is 5.61. The maximum atomic E-state index is 5.61. The molecule has 22 heavy (non-hydrogen) atoms. The van der Waals surface area contributed by atoms with Gasteiger partial charge in [0.25, 0.3) is 0 Å². The summed E-state index contributed by atoms with van der Waals surface area (Å²) in [6.45, 7) is 5.49. The van der Waals surface area contributed by atoms with Crippen LogP contribution in [-0.4, -0.2) is 37.7 Å². The number of thiazole rings is 1. The Labute approximate surface area is 154 Å². The predicted molar refractivity (Wildman–Crippen MR) is 103 cm³/mol. The Balaban J connectivity index is 0.00000242. The Hall–Kier alpha value is -0.410. The third kappa shape index (κ3) is 7.73. The predicted octanol–water partition coefficient (Wildman–Crippen LogP) is 2.81. The Morgan fingerprint density at radius 3 is 2.91 bits per heavy atom. The molecule has 5 nitrogen and oxygen atoms in total. The molecule has 1 heterocycles. The molecule has 0 atom stereocenters. The molecule has 0 spiro atoms. The van der Waals surface area contributed by atoms with Crippen molar-refractivity contribution in [2.75, 3.05) is 26.8 Å². The zero-order chi connectivity index (χ0) is 14.9. The SMILES string of the molecule is CCc1nc(CNC(=NC)NCCCOCC2CC2)cs1.I. The van der Waals surface area contributed by atoms with Gasteiger partial charge in [0.15, 0.2) is 5.96 Å². The molecule has 0 aromatic carbocycles. The molecule has 1 aliphatic carbocycles. The number of halogens is 1. The van der Waals surface area contributed by atoms with Crippen LogP contribution in [0.5, 0.6) is 0 Å². The highest BCUT2D eigenvalue weighted by atomic mass is 127. The van der Waals surface area contributed by atoms with E-state index in [2.05, 4.69) is 32.9 Å². The summed E-state index contributed by atoms with van der Waals surface area (Å²) >= 11 is 1.72. The fraction of sp³-hybridized carbons (Fsp3) is 0.733. The summed E-state index contributed by atoms with van der Waals surface area (Å²) in [5.74, 6) is 1.67. The first-order valence-electron chi connectivity index (χ1n) is 7.77. The van der Waals surface area contributed by atoms with E-state index in [0.717, 1.165) is 50.2 Å². The van der Waals surface area contributed by atoms with Gasteiger partial charge in [0.2, 0.25) is 0 Å². The number of nitrogens with zero attached hydrogens (tertiary/aromatic N) is 2. The van der Waals surface area contributed by atoms with Crippen molar-refractivity contribution in [1.29, 1.82) is 0 Å².